The van der Waals surface area contributed by atoms with Gasteiger partial charge in [0.15, 0.2) is 0 Å². The first-order valence-electron chi connectivity index (χ1n) is 5.70. The van der Waals surface area contributed by atoms with E-state index in [0.29, 0.717) is 11.8 Å². The Hall–Kier alpha value is -1.31. The summed E-state index contributed by atoms with van der Waals surface area (Å²) in [7, 11) is 0. The Morgan fingerprint density at radius 2 is 1.73 bits per heavy atom. The maximum Gasteiger partial charge on any atom is 0.226 e. The molecule has 2 aliphatic rings. The molecule has 1 heterocycles. The molecule has 3 rings (SSSR count). The third kappa shape index (κ3) is 1.44. The molecule has 0 radical (unpaired) electrons. The quantitative estimate of drug-likeness (QED) is 0.683. The highest BCUT2D eigenvalue weighted by Crippen LogP contribution is 2.31. The summed E-state index contributed by atoms with van der Waals surface area (Å²) >= 11 is 0. The van der Waals surface area contributed by atoms with E-state index in [1.54, 1.807) is 0 Å². The number of carbonyl (C=O) groups excluding carboxylic acids is 1. The molecule has 15 heavy (non-hydrogen) atoms. The van der Waals surface area contributed by atoms with E-state index in [4.69, 9.17) is 0 Å². The second kappa shape index (κ2) is 3.37. The number of hydrogen-bond acceptors (Lipinski definition) is 1. The van der Waals surface area contributed by atoms with Crippen LogP contribution in [0, 0.1) is 5.92 Å². The number of rotatable bonds is 1. The molecule has 0 atom stereocenters. The normalized spacial score (nSPS) is 19.9. The van der Waals surface area contributed by atoms with Crippen molar-refractivity contribution in [2.24, 2.45) is 5.92 Å². The summed E-state index contributed by atoms with van der Waals surface area (Å²) in [5, 5.41) is 0. The minimum absolute atomic E-state index is 0.333. The first-order valence-corrected chi connectivity index (χ1v) is 5.70. The van der Waals surface area contributed by atoms with Crippen molar-refractivity contribution in [3.8, 4) is 0 Å². The van der Waals surface area contributed by atoms with Gasteiger partial charge in [0, 0.05) is 19.0 Å². The molecule has 1 aliphatic carbocycles. The zero-order valence-electron chi connectivity index (χ0n) is 8.78. The van der Waals surface area contributed by atoms with Gasteiger partial charge in [-0.2, -0.15) is 0 Å². The molecule has 1 aromatic rings. The van der Waals surface area contributed by atoms with Crippen LogP contribution in [0.1, 0.15) is 30.4 Å². The fourth-order valence-electron chi connectivity index (χ4n) is 2.40. The molecule has 2 nitrogen and oxygen atoms in total. The van der Waals surface area contributed by atoms with Crippen LogP contribution >= 0.6 is 0 Å². The summed E-state index contributed by atoms with van der Waals surface area (Å²) in [4.78, 5) is 14.0. The van der Waals surface area contributed by atoms with Crippen LogP contribution in [0.25, 0.3) is 0 Å². The van der Waals surface area contributed by atoms with E-state index in [1.165, 1.54) is 17.5 Å². The molecule has 0 unspecified atom stereocenters. The van der Waals surface area contributed by atoms with Crippen LogP contribution < -0.4 is 0 Å². The molecule has 2 heteroatoms. The minimum atomic E-state index is 0.333. The molecule has 1 aliphatic heterocycles. The molecule has 1 fully saturated rings. The maximum absolute atomic E-state index is 12.0. The van der Waals surface area contributed by atoms with Crippen molar-refractivity contribution in [2.45, 2.75) is 32.4 Å². The highest BCUT2D eigenvalue weighted by atomic mass is 16.2. The molecule has 0 N–H and O–H groups in total. The lowest BCUT2D eigenvalue weighted by Crippen LogP contribution is -2.35. The number of carbonyl (C=O) groups is 1. The Morgan fingerprint density at radius 3 is 2.20 bits per heavy atom. The number of hydrogen-bond donors (Lipinski definition) is 0. The fourth-order valence-corrected chi connectivity index (χ4v) is 2.40. The van der Waals surface area contributed by atoms with Gasteiger partial charge in [-0.1, -0.05) is 30.7 Å². The van der Waals surface area contributed by atoms with Crippen molar-refractivity contribution >= 4 is 5.91 Å². The molecule has 0 bridgehead atoms. The Morgan fingerprint density at radius 1 is 1.13 bits per heavy atom. The number of fused-ring (bicyclic) bond motifs is 1. The van der Waals surface area contributed by atoms with Gasteiger partial charge in [-0.15, -0.1) is 0 Å². The SMILES string of the molecule is O=C(C1CCC1)N1Cc2ccccc2C1. The standard InChI is InChI=1S/C13H15NO/c15-13(10-6-3-7-10)14-8-11-4-1-2-5-12(11)9-14/h1-2,4-5,10H,3,6-9H2. The van der Waals surface area contributed by atoms with Gasteiger partial charge in [-0.25, -0.2) is 0 Å². The molecule has 0 spiro atoms. The second-order valence-electron chi connectivity index (χ2n) is 4.59. The predicted octanol–water partition coefficient (Wildman–Crippen LogP) is 2.33. The molecule has 1 saturated carbocycles. The lowest BCUT2D eigenvalue weighted by atomic mass is 9.84. The number of nitrogens with zero attached hydrogens (tertiary/aromatic N) is 1. The first-order chi connectivity index (χ1) is 7.34. The highest BCUT2D eigenvalue weighted by Gasteiger charge is 2.32. The van der Waals surface area contributed by atoms with Crippen LogP contribution in [0.3, 0.4) is 0 Å². The maximum atomic E-state index is 12.0. The Bertz CT molecular complexity index is 370. The molecule has 1 amide bonds. The van der Waals surface area contributed by atoms with E-state index >= 15 is 0 Å². The molecule has 0 saturated heterocycles. The zero-order valence-corrected chi connectivity index (χ0v) is 8.78. The average molecular weight is 201 g/mol. The first kappa shape index (κ1) is 8.96. The van der Waals surface area contributed by atoms with Gasteiger partial charge in [0.25, 0.3) is 0 Å². The third-order valence-electron chi connectivity index (χ3n) is 3.61. The van der Waals surface area contributed by atoms with Gasteiger partial charge in [0.05, 0.1) is 0 Å². The van der Waals surface area contributed by atoms with E-state index in [0.717, 1.165) is 25.9 Å². The van der Waals surface area contributed by atoms with Crippen molar-refractivity contribution in [2.75, 3.05) is 0 Å². The van der Waals surface area contributed by atoms with E-state index in [1.807, 2.05) is 4.90 Å². The van der Waals surface area contributed by atoms with Crippen molar-refractivity contribution in [3.05, 3.63) is 35.4 Å². The average Bonchev–Trinajstić information content (AvgIpc) is 2.58. The van der Waals surface area contributed by atoms with Crippen molar-refractivity contribution < 1.29 is 4.79 Å². The van der Waals surface area contributed by atoms with E-state index in [9.17, 15) is 4.79 Å². The molecule has 0 aromatic heterocycles. The molecular formula is C13H15NO. The van der Waals surface area contributed by atoms with Crippen LogP contribution in [-0.4, -0.2) is 10.8 Å². The largest absolute Gasteiger partial charge is 0.334 e. The smallest absolute Gasteiger partial charge is 0.226 e. The van der Waals surface area contributed by atoms with Crippen LogP contribution in [0.15, 0.2) is 24.3 Å². The van der Waals surface area contributed by atoms with E-state index in [-0.39, 0.29) is 0 Å². The summed E-state index contributed by atoms with van der Waals surface area (Å²) in [6, 6.07) is 8.36. The fraction of sp³-hybridized carbons (Fsp3) is 0.462. The lowest BCUT2D eigenvalue weighted by molar-refractivity contribution is -0.138. The Kier molecular flexibility index (Phi) is 2.01. The predicted molar refractivity (Wildman–Crippen MR) is 58.0 cm³/mol. The molecule has 1 aromatic carbocycles. The van der Waals surface area contributed by atoms with Crippen LogP contribution in [-0.2, 0) is 17.9 Å². The highest BCUT2D eigenvalue weighted by molar-refractivity contribution is 5.80. The van der Waals surface area contributed by atoms with E-state index < -0.39 is 0 Å². The Balaban J connectivity index is 1.75. The second-order valence-corrected chi connectivity index (χ2v) is 4.59. The van der Waals surface area contributed by atoms with Crippen molar-refractivity contribution in [1.29, 1.82) is 0 Å². The van der Waals surface area contributed by atoms with Gasteiger partial charge in [0.2, 0.25) is 5.91 Å². The molecule has 78 valence electrons. The van der Waals surface area contributed by atoms with E-state index in [2.05, 4.69) is 24.3 Å². The summed E-state index contributed by atoms with van der Waals surface area (Å²) in [6.45, 7) is 1.65. The van der Waals surface area contributed by atoms with Crippen LogP contribution in [0.2, 0.25) is 0 Å². The topological polar surface area (TPSA) is 20.3 Å². The zero-order chi connectivity index (χ0) is 10.3. The molecular weight excluding hydrogens is 186 g/mol. The van der Waals surface area contributed by atoms with Gasteiger partial charge < -0.3 is 4.90 Å². The summed E-state index contributed by atoms with van der Waals surface area (Å²) in [5.41, 5.74) is 2.65. The van der Waals surface area contributed by atoms with Gasteiger partial charge in [0.1, 0.15) is 0 Å². The van der Waals surface area contributed by atoms with Crippen LogP contribution in [0.4, 0.5) is 0 Å². The van der Waals surface area contributed by atoms with Crippen molar-refractivity contribution in [1.82, 2.24) is 4.90 Å². The van der Waals surface area contributed by atoms with Gasteiger partial charge >= 0.3 is 0 Å². The lowest BCUT2D eigenvalue weighted by Gasteiger charge is -2.28. The minimum Gasteiger partial charge on any atom is -0.334 e. The third-order valence-corrected chi connectivity index (χ3v) is 3.61. The summed E-state index contributed by atoms with van der Waals surface area (Å²) in [5.74, 6) is 0.705. The van der Waals surface area contributed by atoms with Crippen LogP contribution in [0.5, 0.6) is 0 Å². The summed E-state index contributed by atoms with van der Waals surface area (Å²) < 4.78 is 0. The monoisotopic (exact) mass is 201 g/mol. The Labute approximate surface area is 89.9 Å². The van der Waals surface area contributed by atoms with Crippen molar-refractivity contribution in [3.63, 3.8) is 0 Å². The van der Waals surface area contributed by atoms with Gasteiger partial charge in [-0.3, -0.25) is 4.79 Å². The number of benzene rings is 1. The summed E-state index contributed by atoms with van der Waals surface area (Å²) in [6.07, 6.45) is 3.44. The van der Waals surface area contributed by atoms with Gasteiger partial charge in [-0.05, 0) is 24.0 Å². The number of amides is 1.